The molecular weight excluding hydrogens is 468 g/mol. The quantitative estimate of drug-likeness (QED) is 0.638. The molecule has 1 heterocycles. The monoisotopic (exact) mass is 490 g/mol. The number of halogens is 2. The summed E-state index contributed by atoms with van der Waals surface area (Å²) >= 11 is 3.34. The lowest BCUT2D eigenvalue weighted by Gasteiger charge is -2.25. The Hall–Kier alpha value is -1.48. The Morgan fingerprint density at radius 2 is 1.68 bits per heavy atom. The molecule has 0 aliphatic carbocycles. The van der Waals surface area contributed by atoms with Crippen LogP contribution in [0.5, 0.6) is 11.5 Å². The van der Waals surface area contributed by atoms with Gasteiger partial charge in [-0.2, -0.15) is 0 Å². The zero-order chi connectivity index (χ0) is 19.4. The molecule has 2 aromatic rings. The Balaban J connectivity index is 0.00000280. The average Bonchev–Trinajstić information content (AvgIpc) is 2.68. The van der Waals surface area contributed by atoms with Crippen LogP contribution >= 0.6 is 28.3 Å². The molecule has 3 rings (SSSR count). The van der Waals surface area contributed by atoms with E-state index < -0.39 is 9.84 Å². The van der Waals surface area contributed by atoms with Crippen LogP contribution in [-0.2, 0) is 9.84 Å². The van der Waals surface area contributed by atoms with Crippen molar-refractivity contribution in [2.45, 2.75) is 28.7 Å². The van der Waals surface area contributed by atoms with Gasteiger partial charge in [0.2, 0.25) is 9.84 Å². The maximum absolute atomic E-state index is 13.2. The molecule has 9 heteroatoms. The van der Waals surface area contributed by atoms with Gasteiger partial charge in [-0.15, -0.1) is 12.4 Å². The van der Waals surface area contributed by atoms with Crippen LogP contribution in [0.1, 0.15) is 12.8 Å². The summed E-state index contributed by atoms with van der Waals surface area (Å²) in [5.74, 6) is 0.926. The van der Waals surface area contributed by atoms with Crippen LogP contribution in [0.4, 0.5) is 5.69 Å². The Morgan fingerprint density at radius 1 is 1.04 bits per heavy atom. The smallest absolute Gasteiger partial charge is 0.210 e. The van der Waals surface area contributed by atoms with E-state index >= 15 is 0 Å². The number of piperidine rings is 1. The van der Waals surface area contributed by atoms with Gasteiger partial charge in [0.05, 0.1) is 24.8 Å². The van der Waals surface area contributed by atoms with Crippen molar-refractivity contribution in [1.29, 1.82) is 0 Å². The lowest BCUT2D eigenvalue weighted by atomic mass is 10.1. The molecule has 1 aliphatic heterocycles. The molecule has 0 spiro atoms. The van der Waals surface area contributed by atoms with Crippen molar-refractivity contribution in [1.82, 2.24) is 5.32 Å². The third-order valence-corrected chi connectivity index (χ3v) is 6.86. The molecule has 1 aliphatic rings. The van der Waals surface area contributed by atoms with Gasteiger partial charge in [0.1, 0.15) is 16.4 Å². The number of methoxy groups -OCH3 is 2. The van der Waals surface area contributed by atoms with E-state index in [2.05, 4.69) is 26.6 Å². The maximum atomic E-state index is 13.2. The number of rotatable bonds is 6. The largest absolute Gasteiger partial charge is 0.495 e. The Bertz CT molecular complexity index is 918. The van der Waals surface area contributed by atoms with E-state index in [0.29, 0.717) is 21.7 Å². The van der Waals surface area contributed by atoms with E-state index in [9.17, 15) is 8.42 Å². The summed E-state index contributed by atoms with van der Waals surface area (Å²) in [7, 11) is -0.719. The molecule has 0 radical (unpaired) electrons. The van der Waals surface area contributed by atoms with Gasteiger partial charge in [0, 0.05) is 10.5 Å². The van der Waals surface area contributed by atoms with Crippen molar-refractivity contribution in [3.63, 3.8) is 0 Å². The second-order valence-corrected chi connectivity index (χ2v) is 9.16. The zero-order valence-corrected chi connectivity index (χ0v) is 18.9. The topological polar surface area (TPSA) is 76.7 Å². The first-order valence-corrected chi connectivity index (χ1v) is 11.0. The van der Waals surface area contributed by atoms with Crippen LogP contribution in [0.3, 0.4) is 0 Å². The highest BCUT2D eigenvalue weighted by atomic mass is 79.9. The molecule has 6 nitrogen and oxygen atoms in total. The van der Waals surface area contributed by atoms with Crippen molar-refractivity contribution in [3.05, 3.63) is 40.9 Å². The minimum Gasteiger partial charge on any atom is -0.495 e. The fourth-order valence-corrected chi connectivity index (χ4v) is 5.13. The van der Waals surface area contributed by atoms with Crippen molar-refractivity contribution >= 4 is 43.9 Å². The third-order valence-electron chi connectivity index (χ3n) is 4.60. The van der Waals surface area contributed by atoms with E-state index in [1.54, 1.807) is 43.5 Å². The summed E-state index contributed by atoms with van der Waals surface area (Å²) in [5, 5.41) is 6.75. The highest BCUT2D eigenvalue weighted by Gasteiger charge is 2.24. The molecule has 0 unspecified atom stereocenters. The highest BCUT2D eigenvalue weighted by Crippen LogP contribution is 2.35. The van der Waals surface area contributed by atoms with Gasteiger partial charge in [0.25, 0.3) is 0 Å². The summed E-state index contributed by atoms with van der Waals surface area (Å²) in [6, 6.07) is 10.1. The molecule has 2 N–H and O–H groups in total. The number of hydrogen-bond donors (Lipinski definition) is 2. The predicted molar refractivity (Wildman–Crippen MR) is 116 cm³/mol. The lowest BCUT2D eigenvalue weighted by Crippen LogP contribution is -2.35. The van der Waals surface area contributed by atoms with Crippen molar-refractivity contribution in [3.8, 4) is 11.5 Å². The molecule has 28 heavy (non-hydrogen) atoms. The Morgan fingerprint density at radius 3 is 2.32 bits per heavy atom. The fraction of sp³-hybridized carbons (Fsp3) is 0.368. The number of hydrogen-bond acceptors (Lipinski definition) is 6. The van der Waals surface area contributed by atoms with E-state index in [1.165, 1.54) is 7.11 Å². The first-order valence-electron chi connectivity index (χ1n) is 8.69. The zero-order valence-electron chi connectivity index (χ0n) is 15.7. The number of sulfone groups is 1. The normalized spacial score (nSPS) is 14.8. The molecule has 0 bridgehead atoms. The molecule has 0 aromatic heterocycles. The second kappa shape index (κ2) is 9.82. The number of benzene rings is 2. The van der Waals surface area contributed by atoms with Crippen molar-refractivity contribution < 1.29 is 17.9 Å². The van der Waals surface area contributed by atoms with Crippen LogP contribution in [-0.4, -0.2) is 41.8 Å². The number of ether oxygens (including phenoxy) is 2. The molecular formula is C19H24BrClN2O4S. The van der Waals surface area contributed by atoms with Crippen LogP contribution in [0, 0.1) is 0 Å². The van der Waals surface area contributed by atoms with Crippen LogP contribution in [0.15, 0.2) is 50.7 Å². The summed E-state index contributed by atoms with van der Waals surface area (Å²) in [4.78, 5) is 0.313. The molecule has 0 saturated carbocycles. The first kappa shape index (κ1) is 22.8. The number of nitrogens with one attached hydrogen (secondary N) is 2. The van der Waals surface area contributed by atoms with Gasteiger partial charge >= 0.3 is 0 Å². The summed E-state index contributed by atoms with van der Waals surface area (Å²) in [6.07, 6.45) is 1.94. The third kappa shape index (κ3) is 4.92. The second-order valence-electron chi connectivity index (χ2n) is 6.33. The van der Waals surface area contributed by atoms with Gasteiger partial charge in [-0.3, -0.25) is 0 Å². The average molecular weight is 492 g/mol. The first-order chi connectivity index (χ1) is 13.0. The molecule has 0 atom stereocenters. The number of anilines is 1. The standard InChI is InChI=1S/C19H23BrN2O4S.ClH/c1-25-17-6-4-15(12-16(17)22-14-7-9-21-10-8-14)27(23,24)19-11-13(20)3-5-18(19)26-2;/h3-6,11-12,14,21-22H,7-10H2,1-2H3;1H. The predicted octanol–water partition coefficient (Wildman–Crippen LogP) is 3.88. The Labute approximate surface area is 180 Å². The molecule has 1 saturated heterocycles. The molecule has 0 amide bonds. The van der Waals surface area contributed by atoms with Gasteiger partial charge in [-0.1, -0.05) is 15.9 Å². The summed E-state index contributed by atoms with van der Waals surface area (Å²) in [5.41, 5.74) is 0.680. The molecule has 1 fully saturated rings. The Kier molecular flexibility index (Phi) is 8.00. The van der Waals surface area contributed by atoms with Crippen molar-refractivity contribution in [2.24, 2.45) is 0 Å². The minimum absolute atomic E-state index is 0. The summed E-state index contributed by atoms with van der Waals surface area (Å²) in [6.45, 7) is 1.88. The van der Waals surface area contributed by atoms with E-state index in [-0.39, 0.29) is 28.2 Å². The SMILES string of the molecule is COc1ccc(S(=O)(=O)c2cc(Br)ccc2OC)cc1NC1CCNCC1.Cl. The van der Waals surface area contributed by atoms with Gasteiger partial charge < -0.3 is 20.1 Å². The summed E-state index contributed by atoms with van der Waals surface area (Å²) < 4.78 is 37.8. The van der Waals surface area contributed by atoms with Gasteiger partial charge in [-0.25, -0.2) is 8.42 Å². The van der Waals surface area contributed by atoms with E-state index in [4.69, 9.17) is 9.47 Å². The minimum atomic E-state index is -3.76. The molecule has 2 aromatic carbocycles. The highest BCUT2D eigenvalue weighted by molar-refractivity contribution is 9.10. The van der Waals surface area contributed by atoms with Crippen molar-refractivity contribution in [2.75, 3.05) is 32.6 Å². The van der Waals surface area contributed by atoms with E-state index in [0.717, 1.165) is 25.9 Å². The molecule has 154 valence electrons. The fourth-order valence-electron chi connectivity index (χ4n) is 3.14. The maximum Gasteiger partial charge on any atom is 0.210 e. The van der Waals surface area contributed by atoms with Crippen LogP contribution < -0.4 is 20.1 Å². The lowest BCUT2D eigenvalue weighted by molar-refractivity contribution is 0.402. The van der Waals surface area contributed by atoms with E-state index in [1.807, 2.05) is 0 Å². The van der Waals surface area contributed by atoms with Gasteiger partial charge in [-0.05, 0) is 62.3 Å². The van der Waals surface area contributed by atoms with Crippen LogP contribution in [0.2, 0.25) is 0 Å². The van der Waals surface area contributed by atoms with Gasteiger partial charge in [0.15, 0.2) is 0 Å². The van der Waals surface area contributed by atoms with Crippen LogP contribution in [0.25, 0.3) is 0 Å².